The van der Waals surface area contributed by atoms with Crippen molar-refractivity contribution in [2.45, 2.75) is 0 Å². The highest BCUT2D eigenvalue weighted by Gasteiger charge is 2.35. The van der Waals surface area contributed by atoms with Gasteiger partial charge in [-0.25, -0.2) is 4.98 Å². The lowest BCUT2D eigenvalue weighted by atomic mass is 9.81. The molecule has 8 nitrogen and oxygen atoms in total. The van der Waals surface area contributed by atoms with Crippen LogP contribution in [0.2, 0.25) is 0 Å². The van der Waals surface area contributed by atoms with Gasteiger partial charge in [-0.2, -0.15) is 0 Å². The second-order valence-electron chi connectivity index (χ2n) is 11.0. The summed E-state index contributed by atoms with van der Waals surface area (Å²) >= 11 is 0. The fourth-order valence-corrected chi connectivity index (χ4v) is 6.49. The number of benzene rings is 6. The number of carbonyl (C=O) groups is 2. The Labute approximate surface area is 255 Å². The third-order valence-corrected chi connectivity index (χ3v) is 8.50. The standard InChI is InChI=1S/C37H23N3O5/c1-38-17-18-14-15-26(29-28(18)34(42)19-8-2-3-9-20(19)35(29)43)39-27-16-24-32(40-25-13-7-6-12-23(25)33(24)41)31-30(27)36(44)21-10-4-5-11-22(21)37(31)45/h2-17,39,42-43H,1H3,(H,40,41). The first kappa shape index (κ1) is 26.4. The van der Waals surface area contributed by atoms with Gasteiger partial charge in [-0.05, 0) is 24.3 Å². The van der Waals surface area contributed by atoms with Gasteiger partial charge in [0.1, 0.15) is 17.2 Å². The molecule has 0 amide bonds. The largest absolute Gasteiger partial charge is 0.507 e. The minimum Gasteiger partial charge on any atom is -0.507 e. The van der Waals surface area contributed by atoms with Crippen molar-refractivity contribution in [2.75, 3.05) is 12.4 Å². The van der Waals surface area contributed by atoms with E-state index in [0.717, 1.165) is 0 Å². The van der Waals surface area contributed by atoms with Gasteiger partial charge in [0.25, 0.3) is 0 Å². The zero-order valence-electron chi connectivity index (χ0n) is 23.8. The summed E-state index contributed by atoms with van der Waals surface area (Å²) in [6.45, 7) is 0. The molecule has 1 aliphatic carbocycles. The highest BCUT2D eigenvalue weighted by atomic mass is 16.3. The van der Waals surface area contributed by atoms with Crippen molar-refractivity contribution in [3.63, 3.8) is 0 Å². The van der Waals surface area contributed by atoms with Crippen LogP contribution >= 0.6 is 0 Å². The van der Waals surface area contributed by atoms with Crippen LogP contribution in [0.3, 0.4) is 0 Å². The van der Waals surface area contributed by atoms with Crippen LogP contribution in [0.5, 0.6) is 17.2 Å². The Balaban J connectivity index is 1.48. The first-order chi connectivity index (χ1) is 21.9. The number of rotatable bonds is 3. The number of hydrogen-bond donors (Lipinski definition) is 4. The molecule has 0 atom stereocenters. The van der Waals surface area contributed by atoms with Crippen molar-refractivity contribution in [1.82, 2.24) is 4.98 Å². The number of phenols is 2. The van der Waals surface area contributed by atoms with Gasteiger partial charge in [0.2, 0.25) is 0 Å². The molecule has 1 aliphatic rings. The number of nitrogens with zero attached hydrogens (tertiary/aromatic N) is 2. The monoisotopic (exact) mass is 589 g/mol. The molecule has 1 heterocycles. The summed E-state index contributed by atoms with van der Waals surface area (Å²) in [5, 5.41) is 40.2. The number of para-hydroxylation sites is 1. The molecule has 0 unspecified atom stereocenters. The number of ketones is 2. The first-order valence-electron chi connectivity index (χ1n) is 14.2. The van der Waals surface area contributed by atoms with Gasteiger partial charge in [-0.1, -0.05) is 66.7 Å². The Hall–Kier alpha value is -6.28. The molecule has 0 radical (unpaired) electrons. The van der Waals surface area contributed by atoms with Crippen LogP contribution in [0, 0.1) is 0 Å². The van der Waals surface area contributed by atoms with E-state index in [1.54, 1.807) is 104 Å². The highest BCUT2D eigenvalue weighted by molar-refractivity contribution is 6.34. The van der Waals surface area contributed by atoms with Crippen molar-refractivity contribution in [3.8, 4) is 17.2 Å². The number of fused-ring (bicyclic) bond motifs is 7. The maximum Gasteiger partial charge on any atom is 0.196 e. The minimum atomic E-state index is -0.387. The van der Waals surface area contributed by atoms with Gasteiger partial charge in [0.05, 0.1) is 38.9 Å². The lowest BCUT2D eigenvalue weighted by Crippen LogP contribution is -2.23. The van der Waals surface area contributed by atoms with E-state index in [1.165, 1.54) is 0 Å². The molecule has 8 rings (SSSR count). The highest BCUT2D eigenvalue weighted by Crippen LogP contribution is 2.48. The number of nitrogens with one attached hydrogen (secondary N) is 1. The minimum absolute atomic E-state index is 0.0361. The van der Waals surface area contributed by atoms with Crippen LogP contribution in [-0.4, -0.2) is 45.1 Å². The van der Waals surface area contributed by atoms with Crippen molar-refractivity contribution in [3.05, 3.63) is 119 Å². The van der Waals surface area contributed by atoms with Gasteiger partial charge in [0, 0.05) is 56.9 Å². The van der Waals surface area contributed by atoms with Crippen molar-refractivity contribution < 1.29 is 24.9 Å². The van der Waals surface area contributed by atoms with E-state index in [2.05, 4.69) is 10.3 Å². The fourth-order valence-electron chi connectivity index (χ4n) is 6.49. The Kier molecular flexibility index (Phi) is 5.63. The lowest BCUT2D eigenvalue weighted by molar-refractivity contribution is 0.0981. The second-order valence-corrected chi connectivity index (χ2v) is 11.0. The predicted octanol–water partition coefficient (Wildman–Crippen LogP) is 7.38. The molecule has 0 saturated heterocycles. The number of aromatic hydroxyl groups is 3. The molecule has 1 aromatic heterocycles. The molecular weight excluding hydrogens is 566 g/mol. The molecule has 0 aliphatic heterocycles. The molecule has 8 heteroatoms. The molecule has 0 bridgehead atoms. The summed E-state index contributed by atoms with van der Waals surface area (Å²) in [5.74, 6) is -0.958. The zero-order chi connectivity index (χ0) is 31.0. The second kappa shape index (κ2) is 9.62. The van der Waals surface area contributed by atoms with E-state index in [1.807, 2.05) is 0 Å². The number of aromatic nitrogens is 1. The Morgan fingerprint density at radius 2 is 1.24 bits per heavy atom. The Morgan fingerprint density at radius 1 is 0.644 bits per heavy atom. The Bertz CT molecular complexity index is 2500. The smallest absolute Gasteiger partial charge is 0.196 e. The molecule has 0 saturated carbocycles. The summed E-state index contributed by atoms with van der Waals surface area (Å²) < 4.78 is 0. The maximum absolute atomic E-state index is 14.2. The van der Waals surface area contributed by atoms with E-state index >= 15 is 0 Å². The fraction of sp³-hybridized carbons (Fsp3) is 0.0270. The van der Waals surface area contributed by atoms with Crippen LogP contribution in [0.25, 0.3) is 43.4 Å². The molecular formula is C37H23N3O5. The van der Waals surface area contributed by atoms with Gasteiger partial charge in [-0.3, -0.25) is 14.6 Å². The first-order valence-corrected chi connectivity index (χ1v) is 14.2. The third kappa shape index (κ3) is 3.66. The normalized spacial score (nSPS) is 12.8. The van der Waals surface area contributed by atoms with Crippen LogP contribution in [0.1, 0.15) is 37.4 Å². The summed E-state index contributed by atoms with van der Waals surface area (Å²) in [6.07, 6.45) is 1.59. The van der Waals surface area contributed by atoms with Crippen LogP contribution in [0.4, 0.5) is 11.4 Å². The lowest BCUT2D eigenvalue weighted by Gasteiger charge is -2.24. The van der Waals surface area contributed by atoms with E-state index in [9.17, 15) is 24.9 Å². The Morgan fingerprint density at radius 3 is 1.93 bits per heavy atom. The molecule has 0 fully saturated rings. The maximum atomic E-state index is 14.2. The molecule has 7 aromatic rings. The van der Waals surface area contributed by atoms with Crippen molar-refractivity contribution in [2.24, 2.45) is 4.99 Å². The summed E-state index contributed by atoms with van der Waals surface area (Å²) in [5.41, 5.74) is 2.57. The van der Waals surface area contributed by atoms with Gasteiger partial charge >= 0.3 is 0 Å². The summed E-state index contributed by atoms with van der Waals surface area (Å²) in [6, 6.07) is 25.7. The van der Waals surface area contributed by atoms with Crippen molar-refractivity contribution in [1.29, 1.82) is 0 Å². The third-order valence-electron chi connectivity index (χ3n) is 8.50. The average molecular weight is 590 g/mol. The van der Waals surface area contributed by atoms with Gasteiger partial charge in [0.15, 0.2) is 11.6 Å². The zero-order valence-corrected chi connectivity index (χ0v) is 23.8. The number of anilines is 2. The van der Waals surface area contributed by atoms with E-state index in [-0.39, 0.29) is 67.7 Å². The topological polar surface area (TPSA) is 132 Å². The quantitative estimate of drug-likeness (QED) is 0.0960. The van der Waals surface area contributed by atoms with E-state index in [4.69, 9.17) is 4.98 Å². The van der Waals surface area contributed by atoms with Gasteiger partial charge < -0.3 is 20.6 Å². The summed E-state index contributed by atoms with van der Waals surface area (Å²) in [7, 11) is 1.61. The van der Waals surface area contributed by atoms with Crippen LogP contribution in [-0.2, 0) is 0 Å². The molecule has 6 aromatic carbocycles. The number of carbonyl (C=O) groups excluding carboxylic acids is 2. The average Bonchev–Trinajstić information content (AvgIpc) is 3.06. The summed E-state index contributed by atoms with van der Waals surface area (Å²) in [4.78, 5) is 37.2. The molecule has 4 N–H and O–H groups in total. The van der Waals surface area contributed by atoms with Crippen LogP contribution < -0.4 is 5.32 Å². The molecule has 45 heavy (non-hydrogen) atoms. The number of pyridine rings is 1. The molecule has 216 valence electrons. The number of phenolic OH excluding ortho intramolecular Hbond substituents is 2. The van der Waals surface area contributed by atoms with E-state index < -0.39 is 0 Å². The number of hydrogen-bond acceptors (Lipinski definition) is 8. The molecule has 0 spiro atoms. The van der Waals surface area contributed by atoms with E-state index in [0.29, 0.717) is 43.7 Å². The van der Waals surface area contributed by atoms with Gasteiger partial charge in [-0.15, -0.1) is 0 Å². The van der Waals surface area contributed by atoms with Crippen LogP contribution in [0.15, 0.2) is 96.0 Å². The number of aliphatic imine (C=N–C) groups is 1. The predicted molar refractivity (Wildman–Crippen MR) is 176 cm³/mol. The SMILES string of the molecule is CN=Cc1ccc(Nc2cc3c(O)c4ccccc4nc3c3c2C(=O)c2ccccc2C3=O)c2c(O)c3ccccc3c(O)c12. The van der Waals surface area contributed by atoms with Crippen molar-refractivity contribution >= 4 is 72.5 Å².